The summed E-state index contributed by atoms with van der Waals surface area (Å²) in [6, 6.07) is 0. The lowest BCUT2D eigenvalue weighted by Gasteiger charge is -2.19. The number of alkyl halides is 3. The van der Waals surface area contributed by atoms with Gasteiger partial charge in [-0.2, -0.15) is 13.2 Å². The van der Waals surface area contributed by atoms with E-state index in [1.165, 1.54) is 12.4 Å². The Morgan fingerprint density at radius 1 is 1.40 bits per heavy atom. The number of likely N-dealkylation sites (tertiary alicyclic amines) is 1. The van der Waals surface area contributed by atoms with Crippen LogP contribution in [0.1, 0.15) is 18.5 Å². The van der Waals surface area contributed by atoms with Gasteiger partial charge in [-0.3, -0.25) is 9.78 Å². The van der Waals surface area contributed by atoms with Gasteiger partial charge in [0.1, 0.15) is 5.15 Å². The molecule has 2 heterocycles. The van der Waals surface area contributed by atoms with Gasteiger partial charge in [-0.15, -0.1) is 0 Å². The second-order valence-electron chi connectivity index (χ2n) is 4.35. The molecule has 1 aromatic heterocycles. The standard InChI is InChI=1S/C12H11ClF3N3O/c13-11-6-17-8(5-18-11)7-19-3-1-2-9(19)4-10(20)12(14,15)16/h4-6H,1-3,7H2/b9-4+. The summed E-state index contributed by atoms with van der Waals surface area (Å²) in [6.07, 6.45) is -0.181. The number of nitrogens with zero attached hydrogens (tertiary/aromatic N) is 3. The molecular weight excluding hydrogens is 295 g/mol. The summed E-state index contributed by atoms with van der Waals surface area (Å²) in [7, 11) is 0. The number of allylic oxidation sites excluding steroid dienone is 2. The summed E-state index contributed by atoms with van der Waals surface area (Å²) in [5.74, 6) is -1.83. The molecule has 0 aliphatic carbocycles. The van der Waals surface area contributed by atoms with Gasteiger partial charge in [-0.25, -0.2) is 4.98 Å². The predicted octanol–water partition coefficient (Wildman–Crippen LogP) is 2.74. The van der Waals surface area contributed by atoms with Crippen molar-refractivity contribution in [3.8, 4) is 0 Å². The summed E-state index contributed by atoms with van der Waals surface area (Å²) in [5.41, 5.74) is 0.964. The Bertz CT molecular complexity index is 528. The van der Waals surface area contributed by atoms with E-state index in [0.717, 1.165) is 0 Å². The lowest BCUT2D eigenvalue weighted by Crippen LogP contribution is -2.24. The second-order valence-corrected chi connectivity index (χ2v) is 4.74. The molecule has 0 amide bonds. The fraction of sp³-hybridized carbons (Fsp3) is 0.417. The molecule has 8 heteroatoms. The first-order chi connectivity index (χ1) is 9.36. The lowest BCUT2D eigenvalue weighted by molar-refractivity contribution is -0.165. The first-order valence-electron chi connectivity index (χ1n) is 5.89. The number of hydrogen-bond donors (Lipinski definition) is 0. The molecule has 2 rings (SSSR count). The van der Waals surface area contributed by atoms with E-state index in [4.69, 9.17) is 11.6 Å². The minimum atomic E-state index is -4.83. The lowest BCUT2D eigenvalue weighted by atomic mass is 10.2. The second kappa shape index (κ2) is 5.78. The highest BCUT2D eigenvalue weighted by Crippen LogP contribution is 2.25. The van der Waals surface area contributed by atoms with E-state index >= 15 is 0 Å². The van der Waals surface area contributed by atoms with Gasteiger partial charge in [0, 0.05) is 18.3 Å². The van der Waals surface area contributed by atoms with Crippen LogP contribution in [-0.2, 0) is 11.3 Å². The van der Waals surface area contributed by atoms with Crippen molar-refractivity contribution < 1.29 is 18.0 Å². The number of aromatic nitrogens is 2. The summed E-state index contributed by atoms with van der Waals surface area (Å²) in [4.78, 5) is 20.6. The SMILES string of the molecule is O=C(/C=C1\CCCN1Cc1cnc(Cl)cn1)C(F)(F)F. The first kappa shape index (κ1) is 14.8. The highest BCUT2D eigenvalue weighted by Gasteiger charge is 2.37. The van der Waals surface area contributed by atoms with Crippen LogP contribution in [0.3, 0.4) is 0 Å². The molecule has 20 heavy (non-hydrogen) atoms. The van der Waals surface area contributed by atoms with E-state index in [1.54, 1.807) is 4.90 Å². The molecule has 0 radical (unpaired) electrons. The van der Waals surface area contributed by atoms with E-state index < -0.39 is 12.0 Å². The van der Waals surface area contributed by atoms with Gasteiger partial charge in [0.15, 0.2) is 0 Å². The van der Waals surface area contributed by atoms with Gasteiger partial charge < -0.3 is 4.90 Å². The molecule has 1 aromatic rings. The quantitative estimate of drug-likeness (QED) is 0.806. The highest BCUT2D eigenvalue weighted by atomic mass is 35.5. The van der Waals surface area contributed by atoms with Crippen LogP contribution >= 0.6 is 11.6 Å². The molecular formula is C12H11ClF3N3O. The maximum Gasteiger partial charge on any atom is 0.454 e. The molecule has 1 fully saturated rings. The third-order valence-electron chi connectivity index (χ3n) is 2.87. The molecule has 1 aliphatic rings. The summed E-state index contributed by atoms with van der Waals surface area (Å²) < 4.78 is 36.8. The molecule has 0 bridgehead atoms. The number of rotatable bonds is 3. The van der Waals surface area contributed by atoms with Gasteiger partial charge in [0.25, 0.3) is 5.78 Å². The number of carbonyl (C=O) groups is 1. The number of hydrogen-bond acceptors (Lipinski definition) is 4. The maximum atomic E-state index is 12.3. The van der Waals surface area contributed by atoms with Gasteiger partial charge in [-0.05, 0) is 12.8 Å². The van der Waals surface area contributed by atoms with Gasteiger partial charge in [-0.1, -0.05) is 11.6 Å². The number of halogens is 4. The molecule has 0 spiro atoms. The zero-order valence-electron chi connectivity index (χ0n) is 10.3. The third-order valence-corrected chi connectivity index (χ3v) is 3.07. The van der Waals surface area contributed by atoms with Crippen molar-refractivity contribution in [1.82, 2.24) is 14.9 Å². The van der Waals surface area contributed by atoms with Crippen LogP contribution in [0.15, 0.2) is 24.2 Å². The molecule has 108 valence electrons. The van der Waals surface area contributed by atoms with Gasteiger partial charge in [0.2, 0.25) is 0 Å². The minimum absolute atomic E-state index is 0.248. The zero-order chi connectivity index (χ0) is 14.8. The Balaban J connectivity index is 2.09. The number of ketones is 1. The van der Waals surface area contributed by atoms with Gasteiger partial charge >= 0.3 is 6.18 Å². The molecule has 4 nitrogen and oxygen atoms in total. The minimum Gasteiger partial charge on any atom is -0.369 e. The largest absolute Gasteiger partial charge is 0.454 e. The topological polar surface area (TPSA) is 46.1 Å². The first-order valence-corrected chi connectivity index (χ1v) is 6.27. The molecule has 0 aromatic carbocycles. The smallest absolute Gasteiger partial charge is 0.369 e. The normalized spacial score (nSPS) is 17.8. The molecule has 1 saturated heterocycles. The van der Waals surface area contributed by atoms with Crippen molar-refractivity contribution >= 4 is 17.4 Å². The van der Waals surface area contributed by atoms with Crippen molar-refractivity contribution in [3.63, 3.8) is 0 Å². The third kappa shape index (κ3) is 3.69. The summed E-state index contributed by atoms with van der Waals surface area (Å²) in [6.45, 7) is 0.891. The Hall–Kier alpha value is -1.63. The Morgan fingerprint density at radius 2 is 2.15 bits per heavy atom. The predicted molar refractivity (Wildman–Crippen MR) is 65.8 cm³/mol. The summed E-state index contributed by atoms with van der Waals surface area (Å²) >= 11 is 5.61. The van der Waals surface area contributed by atoms with Crippen LogP contribution in [0, 0.1) is 0 Å². The van der Waals surface area contributed by atoms with E-state index in [0.29, 0.717) is 43.4 Å². The maximum absolute atomic E-state index is 12.3. The van der Waals surface area contributed by atoms with E-state index in [9.17, 15) is 18.0 Å². The van der Waals surface area contributed by atoms with Crippen LogP contribution in [0.2, 0.25) is 5.15 Å². The van der Waals surface area contributed by atoms with Crippen molar-refractivity contribution in [2.45, 2.75) is 25.6 Å². The average molecular weight is 306 g/mol. The van der Waals surface area contributed by atoms with E-state index in [1.807, 2.05) is 0 Å². The van der Waals surface area contributed by atoms with Crippen molar-refractivity contribution in [3.05, 3.63) is 35.0 Å². The van der Waals surface area contributed by atoms with Crippen molar-refractivity contribution in [1.29, 1.82) is 0 Å². The average Bonchev–Trinajstić information content (AvgIpc) is 2.78. The highest BCUT2D eigenvalue weighted by molar-refractivity contribution is 6.29. The van der Waals surface area contributed by atoms with E-state index in [2.05, 4.69) is 9.97 Å². The fourth-order valence-corrected chi connectivity index (χ4v) is 2.04. The fourth-order valence-electron chi connectivity index (χ4n) is 1.95. The molecule has 0 unspecified atom stereocenters. The van der Waals surface area contributed by atoms with Crippen LogP contribution in [0.4, 0.5) is 13.2 Å². The van der Waals surface area contributed by atoms with Crippen LogP contribution in [-0.4, -0.2) is 33.4 Å². The molecule has 0 saturated carbocycles. The van der Waals surface area contributed by atoms with E-state index in [-0.39, 0.29) is 5.15 Å². The van der Waals surface area contributed by atoms with Crippen molar-refractivity contribution in [2.75, 3.05) is 6.54 Å². The van der Waals surface area contributed by atoms with Gasteiger partial charge in [0.05, 0.1) is 24.6 Å². The van der Waals surface area contributed by atoms with Crippen LogP contribution in [0.5, 0.6) is 0 Å². The van der Waals surface area contributed by atoms with Crippen molar-refractivity contribution in [2.24, 2.45) is 0 Å². The molecule has 1 aliphatic heterocycles. The van der Waals surface area contributed by atoms with Crippen LogP contribution in [0.25, 0.3) is 0 Å². The Labute approximate surface area is 118 Å². The molecule has 0 atom stereocenters. The molecule has 0 N–H and O–H groups in total. The monoisotopic (exact) mass is 305 g/mol. The zero-order valence-corrected chi connectivity index (χ0v) is 11.1. The number of carbonyl (C=O) groups excluding carboxylic acids is 1. The summed E-state index contributed by atoms with van der Waals surface area (Å²) in [5, 5.41) is 0.248. The Kier molecular flexibility index (Phi) is 4.27. The Morgan fingerprint density at radius 3 is 2.75 bits per heavy atom. The van der Waals surface area contributed by atoms with Crippen LogP contribution < -0.4 is 0 Å².